The lowest BCUT2D eigenvalue weighted by Crippen LogP contribution is -2.42. The molecule has 4 heteroatoms. The average Bonchev–Trinajstić information content (AvgIpc) is 2.77. The SMILES string of the molecule is CCCCCCCCC(c1ccc(-c2ccc(F)cc2)cc1)C(OC)(OC)OC. The number of methoxy groups -OCH3 is 3. The van der Waals surface area contributed by atoms with Gasteiger partial charge in [-0.05, 0) is 35.2 Å². The quantitative estimate of drug-likeness (QED) is 0.269. The van der Waals surface area contributed by atoms with Crippen molar-refractivity contribution >= 4 is 0 Å². The van der Waals surface area contributed by atoms with Crippen LogP contribution in [0.15, 0.2) is 48.5 Å². The molecule has 0 aliphatic rings. The first kappa shape index (κ1) is 23.5. The fourth-order valence-electron chi connectivity index (χ4n) is 3.90. The molecular weight excluding hydrogens is 367 g/mol. The summed E-state index contributed by atoms with van der Waals surface area (Å²) in [6.07, 6.45) is 8.29. The standard InChI is InChI=1S/C25H35FO3/c1-5-6-7-8-9-10-11-24(25(27-2,28-3)29-4)22-14-12-20(13-15-22)21-16-18-23(26)19-17-21/h12-19,24H,5-11H2,1-4H3. The van der Waals surface area contributed by atoms with Gasteiger partial charge in [0.1, 0.15) is 5.82 Å². The maximum absolute atomic E-state index is 13.2. The van der Waals surface area contributed by atoms with Crippen LogP contribution < -0.4 is 0 Å². The van der Waals surface area contributed by atoms with Crippen molar-refractivity contribution < 1.29 is 18.6 Å². The average molecular weight is 403 g/mol. The summed E-state index contributed by atoms with van der Waals surface area (Å²) in [4.78, 5) is 0. The molecule has 0 saturated heterocycles. The smallest absolute Gasteiger partial charge is 0.289 e. The number of benzene rings is 2. The van der Waals surface area contributed by atoms with Gasteiger partial charge in [0.05, 0.1) is 5.92 Å². The van der Waals surface area contributed by atoms with Crippen LogP contribution in [0, 0.1) is 5.82 Å². The molecule has 0 heterocycles. The molecule has 0 saturated carbocycles. The second kappa shape index (κ2) is 12.1. The monoisotopic (exact) mass is 402 g/mol. The van der Waals surface area contributed by atoms with Crippen LogP contribution in [-0.2, 0) is 14.2 Å². The van der Waals surface area contributed by atoms with Crippen LogP contribution in [0.3, 0.4) is 0 Å². The van der Waals surface area contributed by atoms with E-state index in [4.69, 9.17) is 14.2 Å². The highest BCUT2D eigenvalue weighted by Crippen LogP contribution is 2.38. The van der Waals surface area contributed by atoms with Crippen LogP contribution in [-0.4, -0.2) is 27.3 Å². The zero-order valence-corrected chi connectivity index (χ0v) is 18.2. The van der Waals surface area contributed by atoms with E-state index in [2.05, 4.69) is 31.2 Å². The van der Waals surface area contributed by atoms with Gasteiger partial charge in [-0.2, -0.15) is 0 Å². The van der Waals surface area contributed by atoms with Crippen LogP contribution in [0.25, 0.3) is 11.1 Å². The maximum Gasteiger partial charge on any atom is 0.289 e. The Morgan fingerprint density at radius 3 is 1.72 bits per heavy atom. The lowest BCUT2D eigenvalue weighted by atomic mass is 9.89. The van der Waals surface area contributed by atoms with Gasteiger partial charge in [0.15, 0.2) is 0 Å². The lowest BCUT2D eigenvalue weighted by Gasteiger charge is -2.36. The fourth-order valence-corrected chi connectivity index (χ4v) is 3.90. The number of ether oxygens (including phenoxy) is 3. The number of hydrogen-bond acceptors (Lipinski definition) is 3. The molecular formula is C25H35FO3. The molecule has 0 amide bonds. The van der Waals surface area contributed by atoms with Crippen LogP contribution in [0.1, 0.15) is 63.4 Å². The van der Waals surface area contributed by atoms with Crippen molar-refractivity contribution in [1.29, 1.82) is 0 Å². The van der Waals surface area contributed by atoms with Crippen LogP contribution in [0.4, 0.5) is 4.39 Å². The number of halogens is 1. The summed E-state index contributed by atoms with van der Waals surface area (Å²) in [6.45, 7) is 2.23. The molecule has 29 heavy (non-hydrogen) atoms. The molecule has 1 unspecified atom stereocenters. The topological polar surface area (TPSA) is 27.7 Å². The minimum Gasteiger partial charge on any atom is -0.330 e. The van der Waals surface area contributed by atoms with Gasteiger partial charge in [-0.1, -0.05) is 81.8 Å². The summed E-state index contributed by atoms with van der Waals surface area (Å²) >= 11 is 0. The van der Waals surface area contributed by atoms with E-state index < -0.39 is 5.97 Å². The van der Waals surface area contributed by atoms with Crippen molar-refractivity contribution in [2.24, 2.45) is 0 Å². The summed E-state index contributed by atoms with van der Waals surface area (Å²) in [6, 6.07) is 14.8. The molecule has 0 radical (unpaired) electrons. The summed E-state index contributed by atoms with van der Waals surface area (Å²) in [7, 11) is 4.86. The number of hydrogen-bond donors (Lipinski definition) is 0. The molecule has 0 aliphatic heterocycles. The van der Waals surface area contributed by atoms with Gasteiger partial charge in [0.2, 0.25) is 0 Å². The van der Waals surface area contributed by atoms with E-state index in [1.54, 1.807) is 33.5 Å². The molecule has 3 nitrogen and oxygen atoms in total. The summed E-state index contributed by atoms with van der Waals surface area (Å²) in [5.41, 5.74) is 3.14. The van der Waals surface area contributed by atoms with Gasteiger partial charge in [0.25, 0.3) is 5.97 Å². The largest absolute Gasteiger partial charge is 0.330 e. The Kier molecular flexibility index (Phi) is 9.79. The van der Waals surface area contributed by atoms with Crippen molar-refractivity contribution in [3.8, 4) is 11.1 Å². The normalized spacial score (nSPS) is 12.9. The van der Waals surface area contributed by atoms with E-state index in [1.807, 2.05) is 0 Å². The Balaban J connectivity index is 2.17. The second-order valence-electron chi connectivity index (χ2n) is 7.45. The zero-order valence-electron chi connectivity index (χ0n) is 18.2. The van der Waals surface area contributed by atoms with Gasteiger partial charge in [-0.15, -0.1) is 0 Å². The molecule has 2 aromatic carbocycles. The Bertz CT molecular complexity index is 685. The fraction of sp³-hybridized carbons (Fsp3) is 0.520. The minimum atomic E-state index is -1.11. The third-order valence-corrected chi connectivity index (χ3v) is 5.62. The third-order valence-electron chi connectivity index (χ3n) is 5.62. The number of rotatable bonds is 13. The molecule has 0 aromatic heterocycles. The van der Waals surface area contributed by atoms with E-state index in [0.29, 0.717) is 0 Å². The maximum atomic E-state index is 13.2. The molecule has 2 aromatic rings. The summed E-state index contributed by atoms with van der Waals surface area (Å²) in [5, 5.41) is 0. The third kappa shape index (κ3) is 6.36. The first-order chi connectivity index (χ1) is 14.1. The van der Waals surface area contributed by atoms with Crippen molar-refractivity contribution in [3.63, 3.8) is 0 Å². The molecule has 0 fully saturated rings. The van der Waals surface area contributed by atoms with Gasteiger partial charge in [-0.25, -0.2) is 4.39 Å². The van der Waals surface area contributed by atoms with Crippen molar-refractivity contribution in [2.45, 2.75) is 63.8 Å². The predicted octanol–water partition coefficient (Wildman–Crippen LogP) is 6.92. The first-order valence-corrected chi connectivity index (χ1v) is 10.6. The van der Waals surface area contributed by atoms with Crippen LogP contribution in [0.2, 0.25) is 0 Å². The lowest BCUT2D eigenvalue weighted by molar-refractivity contribution is -0.365. The summed E-state index contributed by atoms with van der Waals surface area (Å²) in [5.74, 6) is -1.38. The van der Waals surface area contributed by atoms with Crippen molar-refractivity contribution in [3.05, 3.63) is 59.9 Å². The Labute approximate surface area is 175 Å². The predicted molar refractivity (Wildman–Crippen MR) is 116 cm³/mol. The molecule has 0 spiro atoms. The number of unbranched alkanes of at least 4 members (excludes halogenated alkanes) is 5. The van der Waals surface area contributed by atoms with E-state index in [-0.39, 0.29) is 11.7 Å². The van der Waals surface area contributed by atoms with Crippen molar-refractivity contribution in [2.75, 3.05) is 21.3 Å². The van der Waals surface area contributed by atoms with E-state index in [1.165, 1.54) is 44.2 Å². The Morgan fingerprint density at radius 2 is 1.21 bits per heavy atom. The highest BCUT2D eigenvalue weighted by Gasteiger charge is 2.40. The Hall–Kier alpha value is -1.75. The van der Waals surface area contributed by atoms with Gasteiger partial charge in [0, 0.05) is 21.3 Å². The van der Waals surface area contributed by atoms with E-state index >= 15 is 0 Å². The highest BCUT2D eigenvalue weighted by molar-refractivity contribution is 5.63. The molecule has 0 N–H and O–H groups in total. The first-order valence-electron chi connectivity index (χ1n) is 10.6. The highest BCUT2D eigenvalue weighted by atomic mass is 19.1. The minimum absolute atomic E-state index is 0.0454. The van der Waals surface area contributed by atoms with Crippen LogP contribution >= 0.6 is 0 Å². The Morgan fingerprint density at radius 1 is 0.724 bits per heavy atom. The molecule has 160 valence electrons. The molecule has 1 atom stereocenters. The van der Waals surface area contributed by atoms with Gasteiger partial charge in [-0.3, -0.25) is 0 Å². The molecule has 2 rings (SSSR count). The zero-order chi connectivity index (χ0) is 21.1. The van der Waals surface area contributed by atoms with E-state index in [9.17, 15) is 4.39 Å². The summed E-state index contributed by atoms with van der Waals surface area (Å²) < 4.78 is 30.3. The molecule has 0 bridgehead atoms. The van der Waals surface area contributed by atoms with Gasteiger partial charge >= 0.3 is 0 Å². The van der Waals surface area contributed by atoms with Crippen LogP contribution in [0.5, 0.6) is 0 Å². The molecule has 0 aliphatic carbocycles. The van der Waals surface area contributed by atoms with E-state index in [0.717, 1.165) is 29.5 Å². The van der Waals surface area contributed by atoms with Crippen molar-refractivity contribution in [1.82, 2.24) is 0 Å². The van der Waals surface area contributed by atoms with Gasteiger partial charge < -0.3 is 14.2 Å². The second-order valence-corrected chi connectivity index (χ2v) is 7.45.